The number of fused-ring (bicyclic) bond motifs is 1. The first-order chi connectivity index (χ1) is 10.1. The summed E-state index contributed by atoms with van der Waals surface area (Å²) in [5.41, 5.74) is 6.62. The van der Waals surface area contributed by atoms with Crippen LogP contribution in [0.2, 0.25) is 5.02 Å². The van der Waals surface area contributed by atoms with Gasteiger partial charge in [0.05, 0.1) is 11.1 Å². The van der Waals surface area contributed by atoms with Crippen LogP contribution in [-0.4, -0.2) is 48.1 Å². The van der Waals surface area contributed by atoms with Gasteiger partial charge in [0, 0.05) is 37.3 Å². The molecular weight excluding hydrogens is 289 g/mol. The molecule has 0 saturated carbocycles. The van der Waals surface area contributed by atoms with Gasteiger partial charge in [0.1, 0.15) is 5.82 Å². The molecule has 1 aromatic carbocycles. The fraction of sp³-hybridized carbons (Fsp3) is 0.625. The van der Waals surface area contributed by atoms with Crippen molar-refractivity contribution < 1.29 is 4.39 Å². The average molecular weight is 312 g/mol. The first-order valence-electron chi connectivity index (χ1n) is 7.75. The molecule has 0 spiro atoms. The van der Waals surface area contributed by atoms with Crippen LogP contribution >= 0.6 is 11.6 Å². The zero-order valence-corrected chi connectivity index (χ0v) is 13.2. The SMILES string of the molecule is CC1CN2CCCC2CN1C(CN)c1cccc(Cl)c1F. The Bertz CT molecular complexity index is 510. The molecule has 2 heterocycles. The molecule has 2 aliphatic heterocycles. The van der Waals surface area contributed by atoms with Crippen molar-refractivity contribution in [2.75, 3.05) is 26.2 Å². The quantitative estimate of drug-likeness (QED) is 0.931. The van der Waals surface area contributed by atoms with Gasteiger partial charge in [-0.25, -0.2) is 4.39 Å². The van der Waals surface area contributed by atoms with Crippen LogP contribution in [-0.2, 0) is 0 Å². The van der Waals surface area contributed by atoms with Crippen molar-refractivity contribution in [3.8, 4) is 0 Å². The number of benzene rings is 1. The number of hydrogen-bond donors (Lipinski definition) is 1. The molecule has 3 atom stereocenters. The van der Waals surface area contributed by atoms with Crippen LogP contribution < -0.4 is 5.73 Å². The van der Waals surface area contributed by atoms with E-state index >= 15 is 0 Å². The molecule has 116 valence electrons. The van der Waals surface area contributed by atoms with E-state index in [1.807, 2.05) is 6.07 Å². The average Bonchev–Trinajstić information content (AvgIpc) is 2.91. The van der Waals surface area contributed by atoms with Crippen molar-refractivity contribution in [1.82, 2.24) is 9.80 Å². The molecular formula is C16H23ClFN3. The Morgan fingerprint density at radius 1 is 1.43 bits per heavy atom. The maximum Gasteiger partial charge on any atom is 0.146 e. The maximum absolute atomic E-state index is 14.4. The Kier molecular flexibility index (Phi) is 4.50. The Morgan fingerprint density at radius 3 is 3.00 bits per heavy atom. The van der Waals surface area contributed by atoms with E-state index in [0.29, 0.717) is 24.2 Å². The van der Waals surface area contributed by atoms with E-state index < -0.39 is 0 Å². The standard InChI is InChI=1S/C16H23ClFN3/c1-11-9-20-7-3-4-12(20)10-21(11)15(8-19)13-5-2-6-14(17)16(13)18/h2,5-6,11-12,15H,3-4,7-10,19H2,1H3. The first kappa shape index (κ1) is 15.2. The van der Waals surface area contributed by atoms with Crippen molar-refractivity contribution >= 4 is 11.6 Å². The summed E-state index contributed by atoms with van der Waals surface area (Å²) in [6, 6.07) is 6.09. The Hall–Kier alpha value is -0.680. The number of halogens is 2. The zero-order valence-electron chi connectivity index (χ0n) is 12.4. The van der Waals surface area contributed by atoms with Crippen LogP contribution in [0.25, 0.3) is 0 Å². The third-order valence-electron chi connectivity index (χ3n) is 4.95. The number of hydrogen-bond acceptors (Lipinski definition) is 3. The van der Waals surface area contributed by atoms with Crippen LogP contribution in [0.15, 0.2) is 18.2 Å². The van der Waals surface area contributed by atoms with Crippen molar-refractivity contribution in [3.05, 3.63) is 34.6 Å². The van der Waals surface area contributed by atoms with Gasteiger partial charge in [-0.05, 0) is 32.4 Å². The molecule has 0 radical (unpaired) electrons. The van der Waals surface area contributed by atoms with Crippen LogP contribution in [0.1, 0.15) is 31.4 Å². The van der Waals surface area contributed by atoms with E-state index in [1.54, 1.807) is 12.1 Å². The van der Waals surface area contributed by atoms with Crippen LogP contribution in [0, 0.1) is 5.82 Å². The summed E-state index contributed by atoms with van der Waals surface area (Å²) >= 11 is 5.94. The van der Waals surface area contributed by atoms with E-state index in [2.05, 4.69) is 16.7 Å². The lowest BCUT2D eigenvalue weighted by atomic mass is 9.99. The number of rotatable bonds is 3. The first-order valence-corrected chi connectivity index (χ1v) is 8.13. The second-order valence-corrected chi connectivity index (χ2v) is 6.64. The smallest absolute Gasteiger partial charge is 0.146 e. The van der Waals surface area contributed by atoms with E-state index in [4.69, 9.17) is 17.3 Å². The minimum atomic E-state index is -0.323. The van der Waals surface area contributed by atoms with Gasteiger partial charge in [-0.3, -0.25) is 9.80 Å². The number of nitrogens with two attached hydrogens (primary N) is 1. The molecule has 5 heteroatoms. The second kappa shape index (κ2) is 6.21. The Labute approximate surface area is 130 Å². The molecule has 0 aliphatic carbocycles. The molecule has 0 aromatic heterocycles. The van der Waals surface area contributed by atoms with Crippen molar-refractivity contribution in [2.24, 2.45) is 5.73 Å². The molecule has 3 nitrogen and oxygen atoms in total. The predicted molar refractivity (Wildman–Crippen MR) is 84.0 cm³/mol. The van der Waals surface area contributed by atoms with E-state index in [0.717, 1.165) is 13.1 Å². The molecule has 0 bridgehead atoms. The van der Waals surface area contributed by atoms with Gasteiger partial charge in [0.15, 0.2) is 0 Å². The highest BCUT2D eigenvalue weighted by molar-refractivity contribution is 6.30. The lowest BCUT2D eigenvalue weighted by Crippen LogP contribution is -2.56. The maximum atomic E-state index is 14.4. The summed E-state index contributed by atoms with van der Waals surface area (Å²) in [6.07, 6.45) is 2.50. The van der Waals surface area contributed by atoms with Crippen LogP contribution in [0.3, 0.4) is 0 Å². The van der Waals surface area contributed by atoms with Gasteiger partial charge in [0.2, 0.25) is 0 Å². The zero-order chi connectivity index (χ0) is 15.0. The summed E-state index contributed by atoms with van der Waals surface area (Å²) in [5.74, 6) is -0.323. The molecule has 21 heavy (non-hydrogen) atoms. The van der Waals surface area contributed by atoms with Gasteiger partial charge in [-0.1, -0.05) is 23.7 Å². The number of nitrogens with zero attached hydrogens (tertiary/aromatic N) is 2. The fourth-order valence-electron chi connectivity index (χ4n) is 3.86. The lowest BCUT2D eigenvalue weighted by Gasteiger charge is -2.46. The predicted octanol–water partition coefficient (Wildman–Crippen LogP) is 2.65. The van der Waals surface area contributed by atoms with Gasteiger partial charge in [0.25, 0.3) is 0 Å². The lowest BCUT2D eigenvalue weighted by molar-refractivity contribution is 0.0286. The largest absolute Gasteiger partial charge is 0.329 e. The summed E-state index contributed by atoms with van der Waals surface area (Å²) in [6.45, 7) is 5.83. The molecule has 2 fully saturated rings. The van der Waals surface area contributed by atoms with E-state index in [9.17, 15) is 4.39 Å². The van der Waals surface area contributed by atoms with Crippen LogP contribution in [0.5, 0.6) is 0 Å². The molecule has 2 aliphatic rings. The van der Waals surface area contributed by atoms with Crippen molar-refractivity contribution in [3.63, 3.8) is 0 Å². The summed E-state index contributed by atoms with van der Waals surface area (Å²) in [5, 5.41) is 0.179. The minimum Gasteiger partial charge on any atom is -0.329 e. The molecule has 2 N–H and O–H groups in total. The fourth-order valence-corrected chi connectivity index (χ4v) is 4.04. The molecule has 0 amide bonds. The topological polar surface area (TPSA) is 32.5 Å². The van der Waals surface area contributed by atoms with Gasteiger partial charge in [-0.15, -0.1) is 0 Å². The van der Waals surface area contributed by atoms with Gasteiger partial charge >= 0.3 is 0 Å². The van der Waals surface area contributed by atoms with E-state index in [1.165, 1.54) is 19.4 Å². The summed E-state index contributed by atoms with van der Waals surface area (Å²) in [4.78, 5) is 4.92. The molecule has 3 unspecified atom stereocenters. The normalized spacial score (nSPS) is 28.6. The van der Waals surface area contributed by atoms with Gasteiger partial charge < -0.3 is 5.73 Å². The minimum absolute atomic E-state index is 0.0959. The molecule has 1 aromatic rings. The second-order valence-electron chi connectivity index (χ2n) is 6.23. The highest BCUT2D eigenvalue weighted by atomic mass is 35.5. The molecule has 2 saturated heterocycles. The Balaban J connectivity index is 1.87. The third-order valence-corrected chi connectivity index (χ3v) is 5.24. The Morgan fingerprint density at radius 2 is 2.24 bits per heavy atom. The highest BCUT2D eigenvalue weighted by Crippen LogP contribution is 2.33. The third kappa shape index (κ3) is 2.82. The van der Waals surface area contributed by atoms with Crippen molar-refractivity contribution in [2.45, 2.75) is 37.9 Å². The highest BCUT2D eigenvalue weighted by Gasteiger charge is 2.38. The van der Waals surface area contributed by atoms with Crippen molar-refractivity contribution in [1.29, 1.82) is 0 Å². The molecule has 3 rings (SSSR count). The summed E-state index contributed by atoms with van der Waals surface area (Å²) in [7, 11) is 0. The monoisotopic (exact) mass is 311 g/mol. The number of piperazine rings is 1. The summed E-state index contributed by atoms with van der Waals surface area (Å²) < 4.78 is 14.4. The van der Waals surface area contributed by atoms with Crippen LogP contribution in [0.4, 0.5) is 4.39 Å². The van der Waals surface area contributed by atoms with Gasteiger partial charge in [-0.2, -0.15) is 0 Å². The van der Waals surface area contributed by atoms with E-state index in [-0.39, 0.29) is 16.9 Å².